The van der Waals surface area contributed by atoms with Crippen LogP contribution in [-0.4, -0.2) is 65.0 Å². The average molecular weight is 579 g/mol. The molecule has 226 valence electrons. The van der Waals surface area contributed by atoms with Gasteiger partial charge in [-0.2, -0.15) is 0 Å². The van der Waals surface area contributed by atoms with Crippen LogP contribution in [0.2, 0.25) is 0 Å². The molecule has 8 nitrogen and oxygen atoms in total. The van der Waals surface area contributed by atoms with Gasteiger partial charge in [-0.05, 0) is 81.0 Å². The molecule has 0 saturated carbocycles. The highest BCUT2D eigenvalue weighted by Crippen LogP contribution is 2.37. The highest BCUT2D eigenvalue weighted by atomic mass is 19.1. The van der Waals surface area contributed by atoms with Crippen molar-refractivity contribution in [1.82, 2.24) is 15.5 Å². The molecule has 1 aliphatic carbocycles. The molecule has 2 heterocycles. The van der Waals surface area contributed by atoms with Gasteiger partial charge in [-0.3, -0.25) is 14.4 Å². The number of carbonyl (C=O) groups excluding carboxylic acids is 3. The second-order valence-electron chi connectivity index (χ2n) is 12.8. The fourth-order valence-electron chi connectivity index (χ4n) is 6.71. The van der Waals surface area contributed by atoms with Gasteiger partial charge in [-0.25, -0.2) is 4.39 Å². The lowest BCUT2D eigenvalue weighted by molar-refractivity contribution is -0.158. The maximum atomic E-state index is 16.1. The fourth-order valence-corrected chi connectivity index (χ4v) is 6.71. The Kier molecular flexibility index (Phi) is 8.87. The van der Waals surface area contributed by atoms with Crippen LogP contribution in [0, 0.1) is 17.7 Å². The van der Waals surface area contributed by atoms with Crippen molar-refractivity contribution in [1.29, 1.82) is 0 Å². The molecular formula is C33H43FN4O4. The van der Waals surface area contributed by atoms with Crippen molar-refractivity contribution in [3.05, 3.63) is 65.0 Å². The van der Waals surface area contributed by atoms with E-state index in [4.69, 9.17) is 0 Å². The van der Waals surface area contributed by atoms with Crippen molar-refractivity contribution in [3.8, 4) is 0 Å². The van der Waals surface area contributed by atoms with Crippen LogP contribution >= 0.6 is 0 Å². The molecule has 5 rings (SSSR count). The van der Waals surface area contributed by atoms with Gasteiger partial charge in [0, 0.05) is 30.4 Å². The number of nitrogens with zero attached hydrogens (tertiary/aromatic N) is 2. The van der Waals surface area contributed by atoms with Crippen LogP contribution in [0.25, 0.3) is 0 Å². The molecule has 9 heteroatoms. The van der Waals surface area contributed by atoms with Crippen LogP contribution in [-0.2, 0) is 27.2 Å². The molecule has 3 N–H and O–H groups in total. The minimum atomic E-state index is -1.31. The molecule has 0 bridgehead atoms. The van der Waals surface area contributed by atoms with Crippen molar-refractivity contribution < 1.29 is 23.9 Å². The first kappa shape index (κ1) is 30.0. The summed E-state index contributed by atoms with van der Waals surface area (Å²) in [6.07, 6.45) is 2.48. The first-order valence-corrected chi connectivity index (χ1v) is 15.3. The van der Waals surface area contributed by atoms with Gasteiger partial charge in [0.15, 0.2) is 0 Å². The molecule has 2 aliphatic heterocycles. The van der Waals surface area contributed by atoms with Crippen molar-refractivity contribution in [2.24, 2.45) is 11.8 Å². The lowest BCUT2D eigenvalue weighted by Crippen LogP contribution is -2.67. The number of hydrogen-bond acceptors (Lipinski definition) is 5. The Bertz CT molecular complexity index is 1300. The Morgan fingerprint density at radius 1 is 1.05 bits per heavy atom. The maximum absolute atomic E-state index is 16.1. The van der Waals surface area contributed by atoms with Gasteiger partial charge in [-0.1, -0.05) is 44.2 Å². The summed E-state index contributed by atoms with van der Waals surface area (Å²) in [5, 5.41) is 15.8. The van der Waals surface area contributed by atoms with Gasteiger partial charge in [0.2, 0.25) is 17.7 Å². The smallest absolute Gasteiger partial charge is 0.247 e. The highest BCUT2D eigenvalue weighted by Gasteiger charge is 2.50. The number of anilines is 1. The third-order valence-electron chi connectivity index (χ3n) is 8.77. The number of benzene rings is 2. The van der Waals surface area contributed by atoms with Gasteiger partial charge in [-0.15, -0.1) is 0 Å². The van der Waals surface area contributed by atoms with Crippen molar-refractivity contribution in [2.45, 2.75) is 90.1 Å². The maximum Gasteiger partial charge on any atom is 0.247 e. The summed E-state index contributed by atoms with van der Waals surface area (Å²) in [6.45, 7) is 8.75. The van der Waals surface area contributed by atoms with E-state index < -0.39 is 29.8 Å². The number of carbonyl (C=O) groups is 3. The van der Waals surface area contributed by atoms with Crippen LogP contribution in [0.15, 0.2) is 42.5 Å². The quantitative estimate of drug-likeness (QED) is 0.445. The number of amides is 3. The van der Waals surface area contributed by atoms with E-state index in [-0.39, 0.29) is 41.4 Å². The largest absolute Gasteiger partial charge is 0.393 e. The van der Waals surface area contributed by atoms with Crippen molar-refractivity contribution in [2.75, 3.05) is 18.0 Å². The molecular weight excluding hydrogens is 535 g/mol. The van der Waals surface area contributed by atoms with Gasteiger partial charge >= 0.3 is 0 Å². The lowest BCUT2D eigenvalue weighted by Gasteiger charge is -2.45. The summed E-state index contributed by atoms with van der Waals surface area (Å²) >= 11 is 0. The van der Waals surface area contributed by atoms with Gasteiger partial charge in [0.1, 0.15) is 23.9 Å². The molecule has 2 saturated heterocycles. The van der Waals surface area contributed by atoms with Gasteiger partial charge in [0.25, 0.3) is 0 Å². The topological polar surface area (TPSA) is 102 Å². The normalized spacial score (nSPS) is 22.5. The van der Waals surface area contributed by atoms with Crippen LogP contribution in [0.5, 0.6) is 0 Å². The zero-order valence-corrected chi connectivity index (χ0v) is 25.0. The molecule has 2 aromatic carbocycles. The van der Waals surface area contributed by atoms with E-state index in [0.717, 1.165) is 11.1 Å². The van der Waals surface area contributed by atoms with Crippen LogP contribution < -0.4 is 15.5 Å². The van der Waals surface area contributed by atoms with E-state index in [9.17, 15) is 19.5 Å². The summed E-state index contributed by atoms with van der Waals surface area (Å²) < 4.78 is 16.1. The predicted molar refractivity (Wildman–Crippen MR) is 159 cm³/mol. The van der Waals surface area contributed by atoms with E-state index in [1.165, 1.54) is 11.0 Å². The highest BCUT2D eigenvalue weighted by molar-refractivity contribution is 6.00. The minimum absolute atomic E-state index is 0.0545. The molecule has 0 aromatic heterocycles. The first-order chi connectivity index (χ1) is 20.0. The molecule has 3 aliphatic rings. The lowest BCUT2D eigenvalue weighted by atomic mass is 9.87. The van der Waals surface area contributed by atoms with Crippen LogP contribution in [0.3, 0.4) is 0 Å². The Labute approximate surface area is 247 Å². The van der Waals surface area contributed by atoms with E-state index in [0.29, 0.717) is 50.9 Å². The van der Waals surface area contributed by atoms with Gasteiger partial charge < -0.3 is 25.5 Å². The second-order valence-corrected chi connectivity index (χ2v) is 12.8. The number of fused-ring (bicyclic) bond motifs is 1. The van der Waals surface area contributed by atoms with Gasteiger partial charge in [0.05, 0.1) is 6.10 Å². The summed E-state index contributed by atoms with van der Waals surface area (Å²) in [7, 11) is 0. The molecule has 3 amide bonds. The van der Waals surface area contributed by atoms with E-state index in [1.54, 1.807) is 12.1 Å². The number of piperidine rings is 1. The minimum Gasteiger partial charge on any atom is -0.393 e. The molecule has 0 radical (unpaired) electrons. The number of nitrogens with one attached hydrogen (secondary N) is 2. The molecule has 2 unspecified atom stereocenters. The monoisotopic (exact) mass is 578 g/mol. The molecule has 0 spiro atoms. The Balaban J connectivity index is 1.53. The number of rotatable bonds is 8. The summed E-state index contributed by atoms with van der Waals surface area (Å²) in [5.74, 6) is -1.88. The number of aliphatic hydroxyl groups excluding tert-OH is 1. The first-order valence-electron chi connectivity index (χ1n) is 15.3. The molecule has 2 aromatic rings. The Morgan fingerprint density at radius 2 is 1.69 bits per heavy atom. The zero-order chi connectivity index (χ0) is 30.1. The summed E-state index contributed by atoms with van der Waals surface area (Å²) in [4.78, 5) is 45.4. The van der Waals surface area contributed by atoms with E-state index >= 15 is 4.39 Å². The average Bonchev–Trinajstić information content (AvgIpc) is 3.37. The summed E-state index contributed by atoms with van der Waals surface area (Å²) in [6, 6.07) is 9.49. The van der Waals surface area contributed by atoms with Crippen molar-refractivity contribution in [3.63, 3.8) is 0 Å². The number of aliphatic hydroxyl groups is 1. The van der Waals surface area contributed by atoms with Crippen LogP contribution in [0.1, 0.15) is 69.7 Å². The Hall–Kier alpha value is -3.46. The third-order valence-corrected chi connectivity index (χ3v) is 8.77. The number of halogens is 1. The standard InChI is InChI=1S/C33H43FN4O4/c1-19(2)15-28-31(40)36-29(23-16-21-7-5-6-8-22(21)17-23)33(42)38(28)30(32(41)35-20(3)4)26-10-9-24(18-27(26)34)37-13-11-25(39)12-14-37/h5-10,18-20,23,25,28-30,39H,11-17H2,1-4H3,(H,35,41)(H,36,40)/t28?,29-,30?/m1/s1. The zero-order valence-electron chi connectivity index (χ0n) is 25.0. The van der Waals surface area contributed by atoms with Crippen LogP contribution in [0.4, 0.5) is 10.1 Å². The predicted octanol–water partition coefficient (Wildman–Crippen LogP) is 3.51. The summed E-state index contributed by atoms with van der Waals surface area (Å²) in [5.41, 5.74) is 3.04. The van der Waals surface area contributed by atoms with Crippen molar-refractivity contribution >= 4 is 23.4 Å². The van der Waals surface area contributed by atoms with E-state index in [1.807, 2.05) is 56.9 Å². The fraction of sp³-hybridized carbons (Fsp3) is 0.545. The molecule has 2 fully saturated rings. The van der Waals surface area contributed by atoms with E-state index in [2.05, 4.69) is 10.6 Å². The number of piperazine rings is 1. The second kappa shape index (κ2) is 12.4. The Morgan fingerprint density at radius 3 is 2.26 bits per heavy atom. The molecule has 3 atom stereocenters. The number of hydrogen-bond donors (Lipinski definition) is 3. The molecule has 42 heavy (non-hydrogen) atoms. The SMILES string of the molecule is CC(C)CC1C(=O)N[C@H](C2Cc3ccccc3C2)C(=O)N1C(C(=O)NC(C)C)c1ccc(N2CCC(O)CC2)cc1F. The third kappa shape index (κ3) is 6.16.